The Kier molecular flexibility index (Phi) is 5.31. The highest BCUT2D eigenvalue weighted by molar-refractivity contribution is 7.13. The molecular formula is C22H15F2N3OS. The topological polar surface area (TPSA) is 54.0 Å². The minimum Gasteiger partial charge on any atom is -0.308 e. The molecule has 2 amide bonds. The fourth-order valence-electron chi connectivity index (χ4n) is 2.71. The quantitative estimate of drug-likeness (QED) is 0.411. The van der Waals surface area contributed by atoms with Crippen molar-refractivity contribution in [2.24, 2.45) is 0 Å². The number of nitrogens with one attached hydrogen (secondary N) is 2. The zero-order chi connectivity index (χ0) is 20.2. The van der Waals surface area contributed by atoms with Gasteiger partial charge in [0.15, 0.2) is 11.6 Å². The first-order valence-corrected chi connectivity index (χ1v) is 9.61. The van der Waals surface area contributed by atoms with E-state index in [-0.39, 0.29) is 5.69 Å². The number of benzene rings is 3. The van der Waals surface area contributed by atoms with Crippen molar-refractivity contribution in [2.45, 2.75) is 0 Å². The summed E-state index contributed by atoms with van der Waals surface area (Å²) in [6.07, 6.45) is 0. The van der Waals surface area contributed by atoms with Crippen molar-refractivity contribution in [3.8, 4) is 21.8 Å². The maximum absolute atomic E-state index is 13.2. The number of carbonyl (C=O) groups is 1. The van der Waals surface area contributed by atoms with Crippen LogP contribution in [0.5, 0.6) is 0 Å². The van der Waals surface area contributed by atoms with Gasteiger partial charge in [0, 0.05) is 33.9 Å². The highest BCUT2D eigenvalue weighted by Gasteiger charge is 2.09. The largest absolute Gasteiger partial charge is 0.323 e. The molecule has 144 valence electrons. The zero-order valence-corrected chi connectivity index (χ0v) is 15.8. The van der Waals surface area contributed by atoms with Crippen molar-refractivity contribution in [1.29, 1.82) is 0 Å². The van der Waals surface area contributed by atoms with Crippen LogP contribution >= 0.6 is 11.3 Å². The Morgan fingerprint density at radius 2 is 1.48 bits per heavy atom. The molecule has 1 heterocycles. The summed E-state index contributed by atoms with van der Waals surface area (Å²) in [5, 5.41) is 8.03. The van der Waals surface area contributed by atoms with Crippen LogP contribution in [0, 0.1) is 11.6 Å². The maximum atomic E-state index is 13.2. The molecule has 4 rings (SSSR count). The van der Waals surface area contributed by atoms with Gasteiger partial charge >= 0.3 is 6.03 Å². The van der Waals surface area contributed by atoms with Gasteiger partial charge in [0.25, 0.3) is 0 Å². The Balaban J connectivity index is 1.42. The molecule has 0 saturated heterocycles. The number of hydrogen-bond donors (Lipinski definition) is 2. The van der Waals surface area contributed by atoms with Gasteiger partial charge in [0.2, 0.25) is 0 Å². The molecule has 0 aliphatic heterocycles. The molecule has 4 aromatic rings. The normalized spacial score (nSPS) is 10.6. The summed E-state index contributed by atoms with van der Waals surface area (Å²) in [6.45, 7) is 0. The molecule has 1 aromatic heterocycles. The lowest BCUT2D eigenvalue weighted by molar-refractivity contribution is 0.262. The van der Waals surface area contributed by atoms with Gasteiger partial charge in [-0.05, 0) is 24.3 Å². The van der Waals surface area contributed by atoms with E-state index in [1.165, 1.54) is 6.07 Å². The fourth-order valence-corrected chi connectivity index (χ4v) is 3.55. The molecule has 0 unspecified atom stereocenters. The summed E-state index contributed by atoms with van der Waals surface area (Å²) in [6, 6.07) is 19.8. The minimum absolute atomic E-state index is 0.161. The molecule has 0 aliphatic carbocycles. The molecule has 0 fully saturated rings. The van der Waals surface area contributed by atoms with Crippen molar-refractivity contribution in [1.82, 2.24) is 4.98 Å². The van der Waals surface area contributed by atoms with Gasteiger partial charge in [-0.25, -0.2) is 18.6 Å². The number of rotatable bonds is 4. The van der Waals surface area contributed by atoms with E-state index >= 15 is 0 Å². The summed E-state index contributed by atoms with van der Waals surface area (Å²) < 4.78 is 26.2. The Bertz CT molecular complexity index is 1140. The van der Waals surface area contributed by atoms with Crippen molar-refractivity contribution in [3.63, 3.8) is 0 Å². The van der Waals surface area contributed by atoms with Gasteiger partial charge in [-0.2, -0.15) is 0 Å². The Hall–Kier alpha value is -3.58. The highest BCUT2D eigenvalue weighted by Crippen LogP contribution is 2.29. The second kappa shape index (κ2) is 8.20. The van der Waals surface area contributed by atoms with E-state index in [0.29, 0.717) is 5.69 Å². The monoisotopic (exact) mass is 407 g/mol. The van der Waals surface area contributed by atoms with Crippen molar-refractivity contribution in [3.05, 3.63) is 89.8 Å². The van der Waals surface area contributed by atoms with E-state index in [1.54, 1.807) is 23.5 Å². The molecule has 0 radical (unpaired) electrons. The summed E-state index contributed by atoms with van der Waals surface area (Å²) in [5.74, 6) is -1.99. The minimum atomic E-state index is -1.02. The summed E-state index contributed by atoms with van der Waals surface area (Å²) >= 11 is 1.57. The van der Waals surface area contributed by atoms with Crippen LogP contribution in [0.3, 0.4) is 0 Å². The molecule has 2 N–H and O–H groups in total. The maximum Gasteiger partial charge on any atom is 0.323 e. The van der Waals surface area contributed by atoms with Gasteiger partial charge in [-0.15, -0.1) is 11.3 Å². The Labute approximate surface area is 169 Å². The third kappa shape index (κ3) is 4.47. The van der Waals surface area contributed by atoms with Gasteiger partial charge in [0.1, 0.15) is 5.01 Å². The number of amides is 2. The van der Waals surface area contributed by atoms with Gasteiger partial charge in [-0.3, -0.25) is 0 Å². The molecule has 4 nitrogen and oxygen atoms in total. The van der Waals surface area contributed by atoms with Crippen LogP contribution in [0.1, 0.15) is 0 Å². The molecular weight excluding hydrogens is 392 g/mol. The number of carbonyl (C=O) groups excluding carboxylic acids is 1. The standard InChI is InChI=1S/C22H15F2N3OS/c23-18-11-10-17(12-19(18)24)26-22(28)25-16-8-6-14(7-9-16)20-13-29-21(27-20)15-4-2-1-3-5-15/h1-13H,(H2,25,26,28). The SMILES string of the molecule is O=C(Nc1ccc(-c2csc(-c3ccccc3)n2)cc1)Nc1ccc(F)c(F)c1. The predicted molar refractivity (Wildman–Crippen MR) is 112 cm³/mol. The molecule has 3 aromatic carbocycles. The second-order valence-electron chi connectivity index (χ2n) is 6.19. The smallest absolute Gasteiger partial charge is 0.308 e. The first-order valence-electron chi connectivity index (χ1n) is 8.73. The van der Waals surface area contributed by atoms with Crippen molar-refractivity contribution in [2.75, 3.05) is 10.6 Å². The van der Waals surface area contributed by atoms with Crippen LogP contribution in [-0.4, -0.2) is 11.0 Å². The lowest BCUT2D eigenvalue weighted by Crippen LogP contribution is -2.19. The number of thiazole rings is 1. The molecule has 0 bridgehead atoms. The Morgan fingerprint density at radius 1 is 0.793 bits per heavy atom. The van der Waals surface area contributed by atoms with Crippen LogP contribution in [0.2, 0.25) is 0 Å². The van der Waals surface area contributed by atoms with Gasteiger partial charge in [0.05, 0.1) is 5.69 Å². The Morgan fingerprint density at radius 3 is 2.21 bits per heavy atom. The third-order valence-electron chi connectivity index (χ3n) is 4.14. The number of hydrogen-bond acceptors (Lipinski definition) is 3. The number of nitrogens with zero attached hydrogens (tertiary/aromatic N) is 1. The molecule has 0 saturated carbocycles. The van der Waals surface area contributed by atoms with E-state index in [1.807, 2.05) is 47.8 Å². The van der Waals surface area contributed by atoms with E-state index in [0.717, 1.165) is 34.0 Å². The molecule has 0 spiro atoms. The predicted octanol–water partition coefficient (Wildman–Crippen LogP) is 6.40. The summed E-state index contributed by atoms with van der Waals surface area (Å²) in [4.78, 5) is 16.7. The first kappa shape index (κ1) is 18.8. The van der Waals surface area contributed by atoms with E-state index in [9.17, 15) is 13.6 Å². The van der Waals surface area contributed by atoms with E-state index < -0.39 is 17.7 Å². The molecule has 29 heavy (non-hydrogen) atoms. The second-order valence-corrected chi connectivity index (χ2v) is 7.05. The highest BCUT2D eigenvalue weighted by atomic mass is 32.1. The first-order chi connectivity index (χ1) is 14.1. The average molecular weight is 407 g/mol. The van der Waals surface area contributed by atoms with E-state index in [4.69, 9.17) is 0 Å². The van der Waals surface area contributed by atoms with Crippen LogP contribution in [-0.2, 0) is 0 Å². The van der Waals surface area contributed by atoms with E-state index in [2.05, 4.69) is 15.6 Å². The average Bonchev–Trinajstić information content (AvgIpc) is 3.22. The summed E-state index contributed by atoms with van der Waals surface area (Å²) in [7, 11) is 0. The fraction of sp³-hybridized carbons (Fsp3) is 0. The molecule has 0 atom stereocenters. The van der Waals surface area contributed by atoms with Crippen LogP contribution in [0.25, 0.3) is 21.8 Å². The van der Waals surface area contributed by atoms with Crippen LogP contribution in [0.4, 0.5) is 25.0 Å². The number of aromatic nitrogens is 1. The molecule has 0 aliphatic rings. The zero-order valence-electron chi connectivity index (χ0n) is 15.0. The van der Waals surface area contributed by atoms with Crippen molar-refractivity contribution >= 4 is 28.7 Å². The van der Waals surface area contributed by atoms with Crippen molar-refractivity contribution < 1.29 is 13.6 Å². The lowest BCUT2D eigenvalue weighted by Gasteiger charge is -2.08. The number of halogens is 2. The molecule has 7 heteroatoms. The van der Waals surface area contributed by atoms with Gasteiger partial charge < -0.3 is 10.6 Å². The van der Waals surface area contributed by atoms with Gasteiger partial charge in [-0.1, -0.05) is 42.5 Å². The lowest BCUT2D eigenvalue weighted by atomic mass is 10.1. The van der Waals surface area contributed by atoms with Crippen LogP contribution < -0.4 is 10.6 Å². The summed E-state index contributed by atoms with van der Waals surface area (Å²) in [5.41, 5.74) is 3.57. The van der Waals surface area contributed by atoms with Crippen LogP contribution in [0.15, 0.2) is 78.2 Å². The third-order valence-corrected chi connectivity index (χ3v) is 5.03. The number of urea groups is 1. The number of anilines is 2.